The molecular formula is C14H26N2O3S. The SMILES string of the molecule is CSCC[C@@H](NC(=O)NCCCC1CCCC1)C(=O)O. The molecule has 3 N–H and O–H groups in total. The molecule has 5 nitrogen and oxygen atoms in total. The summed E-state index contributed by atoms with van der Waals surface area (Å²) in [4.78, 5) is 22.6. The first-order valence-corrected chi connectivity index (χ1v) is 8.79. The lowest BCUT2D eigenvalue weighted by atomic mass is 10.0. The van der Waals surface area contributed by atoms with E-state index in [0.717, 1.165) is 24.5 Å². The van der Waals surface area contributed by atoms with E-state index in [1.54, 1.807) is 11.8 Å². The molecule has 20 heavy (non-hydrogen) atoms. The van der Waals surface area contributed by atoms with Gasteiger partial charge in [0.1, 0.15) is 6.04 Å². The molecule has 0 aliphatic heterocycles. The van der Waals surface area contributed by atoms with E-state index in [0.29, 0.717) is 13.0 Å². The molecule has 0 spiro atoms. The zero-order valence-electron chi connectivity index (χ0n) is 12.2. The molecule has 0 saturated heterocycles. The summed E-state index contributed by atoms with van der Waals surface area (Å²) in [6.45, 7) is 0.622. The molecule has 0 aromatic carbocycles. The van der Waals surface area contributed by atoms with Gasteiger partial charge in [0.2, 0.25) is 0 Å². The van der Waals surface area contributed by atoms with Gasteiger partial charge in [-0.3, -0.25) is 0 Å². The van der Waals surface area contributed by atoms with Gasteiger partial charge in [-0.05, 0) is 37.2 Å². The maximum Gasteiger partial charge on any atom is 0.326 e. The van der Waals surface area contributed by atoms with Gasteiger partial charge >= 0.3 is 12.0 Å². The molecule has 6 heteroatoms. The van der Waals surface area contributed by atoms with Crippen molar-refractivity contribution >= 4 is 23.8 Å². The Hall–Kier alpha value is -0.910. The highest BCUT2D eigenvalue weighted by Gasteiger charge is 2.19. The van der Waals surface area contributed by atoms with Gasteiger partial charge < -0.3 is 15.7 Å². The molecule has 116 valence electrons. The number of amides is 2. The summed E-state index contributed by atoms with van der Waals surface area (Å²) in [5.74, 6) is 0.576. The van der Waals surface area contributed by atoms with Crippen LogP contribution in [-0.2, 0) is 4.79 Å². The second-order valence-electron chi connectivity index (χ2n) is 5.37. The molecule has 1 rings (SSSR count). The van der Waals surface area contributed by atoms with Gasteiger partial charge in [0.05, 0.1) is 0 Å². The van der Waals surface area contributed by atoms with Gasteiger partial charge in [0.25, 0.3) is 0 Å². The molecule has 0 heterocycles. The monoisotopic (exact) mass is 302 g/mol. The largest absolute Gasteiger partial charge is 0.480 e. The van der Waals surface area contributed by atoms with Crippen molar-refractivity contribution < 1.29 is 14.7 Å². The number of hydrogen-bond acceptors (Lipinski definition) is 3. The predicted molar refractivity (Wildman–Crippen MR) is 82.1 cm³/mol. The minimum atomic E-state index is -0.972. The lowest BCUT2D eigenvalue weighted by Gasteiger charge is -2.15. The van der Waals surface area contributed by atoms with Gasteiger partial charge in [-0.2, -0.15) is 11.8 Å². The lowest BCUT2D eigenvalue weighted by molar-refractivity contribution is -0.139. The summed E-state index contributed by atoms with van der Waals surface area (Å²) in [5.41, 5.74) is 0. The molecule has 1 saturated carbocycles. The van der Waals surface area contributed by atoms with Crippen LogP contribution in [0.25, 0.3) is 0 Å². The summed E-state index contributed by atoms with van der Waals surface area (Å²) >= 11 is 1.57. The van der Waals surface area contributed by atoms with Crippen LogP contribution in [0.2, 0.25) is 0 Å². The van der Waals surface area contributed by atoms with Crippen LogP contribution in [-0.4, -0.2) is 41.7 Å². The third-order valence-corrected chi connectivity index (χ3v) is 4.41. The Kier molecular flexibility index (Phi) is 8.49. The van der Waals surface area contributed by atoms with Crippen molar-refractivity contribution in [1.29, 1.82) is 0 Å². The first-order chi connectivity index (χ1) is 9.63. The molecule has 0 radical (unpaired) electrons. The molecule has 1 atom stereocenters. The fraction of sp³-hybridized carbons (Fsp3) is 0.857. The van der Waals surface area contributed by atoms with Crippen molar-refractivity contribution in [3.05, 3.63) is 0 Å². The molecule has 2 amide bonds. The van der Waals surface area contributed by atoms with Gasteiger partial charge in [-0.15, -0.1) is 0 Å². The number of carbonyl (C=O) groups excluding carboxylic acids is 1. The number of carbonyl (C=O) groups is 2. The van der Waals surface area contributed by atoms with E-state index in [2.05, 4.69) is 10.6 Å². The van der Waals surface area contributed by atoms with Crippen LogP contribution >= 0.6 is 11.8 Å². The number of hydrogen-bond donors (Lipinski definition) is 3. The summed E-state index contributed by atoms with van der Waals surface area (Å²) < 4.78 is 0. The normalized spacial score (nSPS) is 16.9. The van der Waals surface area contributed by atoms with Crippen LogP contribution in [0.5, 0.6) is 0 Å². The molecule has 1 aliphatic rings. The van der Waals surface area contributed by atoms with Crippen LogP contribution in [0.15, 0.2) is 0 Å². The van der Waals surface area contributed by atoms with Crippen molar-refractivity contribution in [2.75, 3.05) is 18.6 Å². The molecule has 0 aromatic heterocycles. The lowest BCUT2D eigenvalue weighted by Crippen LogP contribution is -2.46. The van der Waals surface area contributed by atoms with Crippen molar-refractivity contribution in [2.24, 2.45) is 5.92 Å². The number of thioether (sulfide) groups is 1. The third kappa shape index (κ3) is 7.03. The van der Waals surface area contributed by atoms with Crippen LogP contribution < -0.4 is 10.6 Å². The maximum atomic E-state index is 11.6. The minimum absolute atomic E-state index is 0.370. The zero-order valence-corrected chi connectivity index (χ0v) is 13.0. The summed E-state index contributed by atoms with van der Waals surface area (Å²) in [7, 11) is 0. The van der Waals surface area contributed by atoms with Crippen LogP contribution in [0.4, 0.5) is 4.79 Å². The van der Waals surface area contributed by atoms with E-state index in [9.17, 15) is 9.59 Å². The van der Waals surface area contributed by atoms with E-state index in [1.165, 1.54) is 25.7 Å². The molecule has 0 aromatic rings. The molecule has 1 fully saturated rings. The zero-order chi connectivity index (χ0) is 14.8. The maximum absolute atomic E-state index is 11.6. The number of aliphatic carboxylic acids is 1. The summed E-state index contributed by atoms with van der Waals surface area (Å²) in [6, 6.07) is -1.16. The van der Waals surface area contributed by atoms with Crippen molar-refractivity contribution in [1.82, 2.24) is 10.6 Å². The molecule has 0 unspecified atom stereocenters. The number of urea groups is 1. The smallest absolute Gasteiger partial charge is 0.326 e. The number of rotatable bonds is 9. The Morgan fingerprint density at radius 1 is 1.35 bits per heavy atom. The Morgan fingerprint density at radius 3 is 2.65 bits per heavy atom. The van der Waals surface area contributed by atoms with Crippen molar-refractivity contribution in [3.8, 4) is 0 Å². The third-order valence-electron chi connectivity index (χ3n) is 3.76. The average Bonchev–Trinajstić information content (AvgIpc) is 2.92. The highest BCUT2D eigenvalue weighted by atomic mass is 32.2. The number of nitrogens with one attached hydrogen (secondary N) is 2. The second-order valence-corrected chi connectivity index (χ2v) is 6.35. The van der Waals surface area contributed by atoms with E-state index < -0.39 is 12.0 Å². The Morgan fingerprint density at radius 2 is 2.05 bits per heavy atom. The standard InChI is InChI=1S/C14H26N2O3S/c1-20-10-8-12(13(17)18)16-14(19)15-9-4-7-11-5-2-3-6-11/h11-12H,2-10H2,1H3,(H,17,18)(H2,15,16,19)/t12-/m1/s1. The van der Waals surface area contributed by atoms with Gasteiger partial charge in [0.15, 0.2) is 0 Å². The van der Waals surface area contributed by atoms with Crippen molar-refractivity contribution in [3.63, 3.8) is 0 Å². The quantitative estimate of drug-likeness (QED) is 0.572. The summed E-state index contributed by atoms with van der Waals surface area (Å²) in [5, 5.41) is 14.3. The van der Waals surface area contributed by atoms with Crippen molar-refractivity contribution in [2.45, 2.75) is 51.0 Å². The fourth-order valence-corrected chi connectivity index (χ4v) is 3.07. The first-order valence-electron chi connectivity index (χ1n) is 7.39. The predicted octanol–water partition coefficient (Wildman–Crippen LogP) is 2.46. The second kappa shape index (κ2) is 9.91. The minimum Gasteiger partial charge on any atom is -0.480 e. The highest BCUT2D eigenvalue weighted by molar-refractivity contribution is 7.98. The van der Waals surface area contributed by atoms with E-state index in [-0.39, 0.29) is 6.03 Å². The summed E-state index contributed by atoms with van der Waals surface area (Å²) in [6.07, 6.45) is 9.83. The Bertz CT molecular complexity index is 307. The Labute approximate surface area is 125 Å². The van der Waals surface area contributed by atoms with Crippen LogP contribution in [0.1, 0.15) is 44.9 Å². The Balaban J connectivity index is 2.12. The number of carboxylic acids is 1. The highest BCUT2D eigenvalue weighted by Crippen LogP contribution is 2.28. The van der Waals surface area contributed by atoms with Gasteiger partial charge in [-0.25, -0.2) is 9.59 Å². The van der Waals surface area contributed by atoms with E-state index >= 15 is 0 Å². The topological polar surface area (TPSA) is 78.4 Å². The molecular weight excluding hydrogens is 276 g/mol. The molecule has 1 aliphatic carbocycles. The average molecular weight is 302 g/mol. The van der Waals surface area contributed by atoms with Gasteiger partial charge in [0, 0.05) is 6.54 Å². The van der Waals surface area contributed by atoms with Crippen LogP contribution in [0.3, 0.4) is 0 Å². The van der Waals surface area contributed by atoms with Gasteiger partial charge in [-0.1, -0.05) is 25.7 Å². The van der Waals surface area contributed by atoms with E-state index in [4.69, 9.17) is 5.11 Å². The molecule has 0 bridgehead atoms. The number of carboxylic acid groups (broad SMARTS) is 1. The van der Waals surface area contributed by atoms with E-state index in [1.807, 2.05) is 6.26 Å². The van der Waals surface area contributed by atoms with Crippen LogP contribution in [0, 0.1) is 5.92 Å². The first kappa shape index (κ1) is 17.1. The fourth-order valence-electron chi connectivity index (χ4n) is 2.59.